The van der Waals surface area contributed by atoms with E-state index in [1.807, 2.05) is 30.3 Å². The Labute approximate surface area is 183 Å². The molecule has 1 amide bonds. The number of aromatic nitrogens is 1. The van der Waals surface area contributed by atoms with E-state index in [2.05, 4.69) is 4.98 Å². The van der Waals surface area contributed by atoms with E-state index in [1.165, 1.54) is 40.5 Å². The van der Waals surface area contributed by atoms with Crippen molar-refractivity contribution in [3.05, 3.63) is 89.7 Å². The second-order valence-corrected chi connectivity index (χ2v) is 10.2. The quantitative estimate of drug-likeness (QED) is 0.408. The molecule has 0 saturated heterocycles. The highest BCUT2D eigenvalue weighted by atomic mass is 32.2. The van der Waals surface area contributed by atoms with Gasteiger partial charge in [0.05, 0.1) is 27.4 Å². The third-order valence-electron chi connectivity index (χ3n) is 4.82. The molecule has 0 spiro atoms. The normalized spacial score (nSPS) is 11.5. The summed E-state index contributed by atoms with van der Waals surface area (Å²) in [5.41, 5.74) is 1.73. The Morgan fingerprint density at radius 3 is 2.55 bits per heavy atom. The molecule has 3 aromatic carbocycles. The fourth-order valence-electron chi connectivity index (χ4n) is 3.14. The molecule has 0 saturated carbocycles. The smallest absolute Gasteiger partial charge is 0.260 e. The number of sulfone groups is 1. The zero-order valence-electron chi connectivity index (χ0n) is 16.7. The van der Waals surface area contributed by atoms with Crippen molar-refractivity contribution in [2.24, 2.45) is 0 Å². The molecule has 0 aliphatic rings. The monoisotopic (exact) mass is 454 g/mol. The van der Waals surface area contributed by atoms with Crippen molar-refractivity contribution in [2.45, 2.75) is 18.4 Å². The molecular weight excluding hydrogens is 435 g/mol. The Kier molecular flexibility index (Phi) is 5.84. The highest BCUT2D eigenvalue weighted by Gasteiger charge is 2.23. The number of halogens is 1. The van der Waals surface area contributed by atoms with Crippen molar-refractivity contribution in [3.63, 3.8) is 0 Å². The van der Waals surface area contributed by atoms with E-state index >= 15 is 0 Å². The van der Waals surface area contributed by atoms with Gasteiger partial charge in [0.25, 0.3) is 5.91 Å². The fourth-order valence-corrected chi connectivity index (χ4v) is 5.05. The summed E-state index contributed by atoms with van der Waals surface area (Å²) < 4.78 is 38.8. The minimum atomic E-state index is -3.45. The van der Waals surface area contributed by atoms with Crippen LogP contribution in [0.3, 0.4) is 0 Å². The lowest BCUT2D eigenvalue weighted by Crippen LogP contribution is -2.30. The third-order valence-corrected chi connectivity index (χ3v) is 7.59. The predicted octanol–water partition coefficient (Wildman–Crippen LogP) is 5.08. The Hall–Kier alpha value is -3.10. The molecule has 8 heteroatoms. The lowest BCUT2D eigenvalue weighted by molar-refractivity contribution is 0.0985. The van der Waals surface area contributed by atoms with Crippen LogP contribution in [0, 0.1) is 5.82 Å². The average Bonchev–Trinajstić information content (AvgIpc) is 3.20. The molecular formula is C23H19FN2O3S2. The number of hydrogen-bond donors (Lipinski definition) is 0. The first-order valence-corrected chi connectivity index (χ1v) is 12.1. The van der Waals surface area contributed by atoms with Crippen LogP contribution >= 0.6 is 11.3 Å². The molecule has 0 aliphatic carbocycles. The van der Waals surface area contributed by atoms with E-state index in [9.17, 15) is 17.6 Å². The second kappa shape index (κ2) is 8.56. The van der Waals surface area contributed by atoms with Gasteiger partial charge in [-0.15, -0.1) is 0 Å². The molecule has 158 valence electrons. The number of rotatable bonds is 6. The van der Waals surface area contributed by atoms with Gasteiger partial charge in [-0.3, -0.25) is 9.69 Å². The zero-order chi connectivity index (χ0) is 22.0. The Morgan fingerprint density at radius 1 is 1.03 bits per heavy atom. The van der Waals surface area contributed by atoms with Crippen LogP contribution in [-0.2, 0) is 16.4 Å². The maximum absolute atomic E-state index is 13.6. The molecule has 0 atom stereocenters. The summed E-state index contributed by atoms with van der Waals surface area (Å²) in [5, 5.41) is 0.415. The summed E-state index contributed by atoms with van der Waals surface area (Å²) in [6.45, 7) is 1.80. The zero-order valence-corrected chi connectivity index (χ0v) is 18.3. The van der Waals surface area contributed by atoms with Gasteiger partial charge in [0.15, 0.2) is 15.0 Å². The standard InChI is InChI=1S/C23H19FN2O3S2/c1-2-31(28,29)19-10-6-9-17(13-19)22(27)26(15-16-7-4-3-5-8-16)23-25-20-12-11-18(24)14-21(20)30-23/h3-14H,2,15H2,1H3. The number of hydrogen-bond acceptors (Lipinski definition) is 5. The number of fused-ring (bicyclic) bond motifs is 1. The van der Waals surface area contributed by atoms with E-state index in [-0.39, 0.29) is 34.5 Å². The molecule has 1 heterocycles. The minimum Gasteiger partial charge on any atom is -0.279 e. The van der Waals surface area contributed by atoms with Gasteiger partial charge in [-0.2, -0.15) is 0 Å². The van der Waals surface area contributed by atoms with Gasteiger partial charge >= 0.3 is 0 Å². The molecule has 1 aromatic heterocycles. The van der Waals surface area contributed by atoms with Crippen LogP contribution in [0.25, 0.3) is 10.2 Å². The highest BCUT2D eigenvalue weighted by Crippen LogP contribution is 2.31. The summed E-state index contributed by atoms with van der Waals surface area (Å²) in [5.74, 6) is -0.806. The first kappa shape index (κ1) is 21.1. The molecule has 5 nitrogen and oxygen atoms in total. The minimum absolute atomic E-state index is 0.0538. The first-order chi connectivity index (χ1) is 14.9. The Morgan fingerprint density at radius 2 is 1.81 bits per heavy atom. The molecule has 4 aromatic rings. The maximum Gasteiger partial charge on any atom is 0.260 e. The molecule has 0 unspecified atom stereocenters. The van der Waals surface area contributed by atoms with Gasteiger partial charge in [-0.05, 0) is 42.0 Å². The number of carbonyl (C=O) groups excluding carboxylic acids is 1. The number of nitrogens with zero attached hydrogens (tertiary/aromatic N) is 2. The van der Waals surface area contributed by atoms with E-state index in [0.29, 0.717) is 15.3 Å². The van der Waals surface area contributed by atoms with Crippen LogP contribution in [0.4, 0.5) is 9.52 Å². The van der Waals surface area contributed by atoms with Gasteiger partial charge in [0.2, 0.25) is 0 Å². The largest absolute Gasteiger partial charge is 0.279 e. The first-order valence-electron chi connectivity index (χ1n) is 9.62. The number of carbonyl (C=O) groups is 1. The number of benzene rings is 3. The van der Waals surface area contributed by atoms with Crippen molar-refractivity contribution in [2.75, 3.05) is 10.7 Å². The molecule has 31 heavy (non-hydrogen) atoms. The summed E-state index contributed by atoms with van der Waals surface area (Å²) in [6, 6.07) is 19.7. The number of thiazole rings is 1. The van der Waals surface area contributed by atoms with E-state index in [1.54, 1.807) is 25.1 Å². The molecule has 0 N–H and O–H groups in total. The van der Waals surface area contributed by atoms with E-state index in [0.717, 1.165) is 5.56 Å². The lowest BCUT2D eigenvalue weighted by atomic mass is 10.1. The summed E-state index contributed by atoms with van der Waals surface area (Å²) in [6.07, 6.45) is 0. The Balaban J connectivity index is 1.78. The van der Waals surface area contributed by atoms with Crippen molar-refractivity contribution in [1.82, 2.24) is 4.98 Å². The summed E-state index contributed by atoms with van der Waals surface area (Å²) in [7, 11) is -3.45. The molecule has 0 aliphatic heterocycles. The average molecular weight is 455 g/mol. The second-order valence-electron chi connectivity index (χ2n) is 6.92. The van der Waals surface area contributed by atoms with Gasteiger partial charge < -0.3 is 0 Å². The molecule has 4 rings (SSSR count). The lowest BCUT2D eigenvalue weighted by Gasteiger charge is -2.20. The van der Waals surface area contributed by atoms with Crippen LogP contribution in [0.15, 0.2) is 77.7 Å². The number of amides is 1. The van der Waals surface area contributed by atoms with Gasteiger partial charge in [0, 0.05) is 5.56 Å². The summed E-state index contributed by atoms with van der Waals surface area (Å²) in [4.78, 5) is 19.6. The van der Waals surface area contributed by atoms with E-state index in [4.69, 9.17) is 0 Å². The van der Waals surface area contributed by atoms with Gasteiger partial charge in [-0.1, -0.05) is 54.7 Å². The van der Waals surface area contributed by atoms with Crippen LogP contribution in [0.5, 0.6) is 0 Å². The van der Waals surface area contributed by atoms with Crippen LogP contribution in [0.1, 0.15) is 22.8 Å². The van der Waals surface area contributed by atoms with Gasteiger partial charge in [-0.25, -0.2) is 17.8 Å². The molecule has 0 radical (unpaired) electrons. The Bertz CT molecular complexity index is 1350. The SMILES string of the molecule is CCS(=O)(=O)c1cccc(C(=O)N(Cc2ccccc2)c2nc3ccc(F)cc3s2)c1. The maximum atomic E-state index is 13.6. The fraction of sp³-hybridized carbons (Fsp3) is 0.130. The third kappa shape index (κ3) is 4.50. The van der Waals surface area contributed by atoms with Gasteiger partial charge in [0.1, 0.15) is 5.82 Å². The molecule has 0 bridgehead atoms. The van der Waals surface area contributed by atoms with Crippen molar-refractivity contribution in [1.29, 1.82) is 0 Å². The van der Waals surface area contributed by atoms with E-state index < -0.39 is 9.84 Å². The van der Waals surface area contributed by atoms with Crippen molar-refractivity contribution < 1.29 is 17.6 Å². The van der Waals surface area contributed by atoms with Crippen LogP contribution in [-0.4, -0.2) is 25.1 Å². The highest BCUT2D eigenvalue weighted by molar-refractivity contribution is 7.91. The molecule has 0 fully saturated rings. The topological polar surface area (TPSA) is 67.3 Å². The predicted molar refractivity (Wildman–Crippen MR) is 121 cm³/mol. The van der Waals surface area contributed by atoms with Crippen molar-refractivity contribution in [3.8, 4) is 0 Å². The van der Waals surface area contributed by atoms with Crippen molar-refractivity contribution >= 4 is 42.4 Å². The summed E-state index contributed by atoms with van der Waals surface area (Å²) >= 11 is 1.21. The number of anilines is 1. The van der Waals surface area contributed by atoms with Crippen LogP contribution < -0.4 is 4.90 Å². The van der Waals surface area contributed by atoms with Crippen LogP contribution in [0.2, 0.25) is 0 Å².